The lowest BCUT2D eigenvalue weighted by molar-refractivity contribution is 0.121. The molecule has 3 heteroatoms. The average molecular weight is 396 g/mol. The maximum absolute atomic E-state index is 10.8. The SMILES string of the molecule is CC1NCCC=C1CCC(O)C1C=CCC(Cc2ccc(C(C)C)cc2O)=CC1. The highest BCUT2D eigenvalue weighted by atomic mass is 16.3. The standard InChI is InChI=1S/C26H37NO2/c1-18(2)23-11-12-24(26(29)17-23)16-20-6-4-7-22(10-9-20)25(28)14-13-21-8-5-15-27-19(21)3/h4,7-9,11-12,17-19,22,25,27-29H,5-6,10,13-16H2,1-3H3. The van der Waals surface area contributed by atoms with Crippen molar-refractivity contribution < 1.29 is 10.2 Å². The summed E-state index contributed by atoms with van der Waals surface area (Å²) in [5.41, 5.74) is 4.90. The van der Waals surface area contributed by atoms with Gasteiger partial charge >= 0.3 is 0 Å². The van der Waals surface area contributed by atoms with Gasteiger partial charge in [-0.1, -0.05) is 61.4 Å². The first kappa shape index (κ1) is 21.9. The highest BCUT2D eigenvalue weighted by Gasteiger charge is 2.20. The number of hydrogen-bond donors (Lipinski definition) is 3. The van der Waals surface area contributed by atoms with Crippen LogP contribution in [0, 0.1) is 5.92 Å². The van der Waals surface area contributed by atoms with E-state index < -0.39 is 0 Å². The number of nitrogens with one attached hydrogen (secondary N) is 1. The molecule has 3 atom stereocenters. The van der Waals surface area contributed by atoms with Gasteiger partial charge in [0.1, 0.15) is 5.75 Å². The molecule has 0 saturated heterocycles. The molecule has 3 nitrogen and oxygen atoms in total. The second-order valence-electron chi connectivity index (χ2n) is 8.96. The van der Waals surface area contributed by atoms with Crippen LogP contribution in [0.15, 0.2) is 53.6 Å². The topological polar surface area (TPSA) is 52.5 Å². The van der Waals surface area contributed by atoms with Crippen molar-refractivity contribution in [3.63, 3.8) is 0 Å². The normalized spacial score (nSPS) is 23.5. The van der Waals surface area contributed by atoms with Gasteiger partial charge in [-0.05, 0) is 75.1 Å². The lowest BCUT2D eigenvalue weighted by Crippen LogP contribution is -2.32. The Kier molecular flexibility index (Phi) is 7.74. The number of benzene rings is 1. The minimum absolute atomic E-state index is 0.178. The minimum Gasteiger partial charge on any atom is -0.508 e. The summed E-state index contributed by atoms with van der Waals surface area (Å²) >= 11 is 0. The molecular formula is C26H37NO2. The van der Waals surface area contributed by atoms with Crippen molar-refractivity contribution >= 4 is 0 Å². The highest BCUT2D eigenvalue weighted by molar-refractivity contribution is 5.40. The van der Waals surface area contributed by atoms with Gasteiger partial charge in [0.25, 0.3) is 0 Å². The highest BCUT2D eigenvalue weighted by Crippen LogP contribution is 2.29. The summed E-state index contributed by atoms with van der Waals surface area (Å²) in [7, 11) is 0. The van der Waals surface area contributed by atoms with Crippen molar-refractivity contribution in [1.29, 1.82) is 0 Å². The third-order valence-corrected chi connectivity index (χ3v) is 6.42. The smallest absolute Gasteiger partial charge is 0.119 e. The first-order valence-corrected chi connectivity index (χ1v) is 11.2. The number of phenols is 1. The Morgan fingerprint density at radius 1 is 1.21 bits per heavy atom. The predicted molar refractivity (Wildman–Crippen MR) is 121 cm³/mol. The van der Waals surface area contributed by atoms with Crippen LogP contribution in [0.1, 0.15) is 69.9 Å². The van der Waals surface area contributed by atoms with Gasteiger partial charge in [-0.15, -0.1) is 0 Å². The van der Waals surface area contributed by atoms with Gasteiger partial charge in [-0.2, -0.15) is 0 Å². The molecular weight excluding hydrogens is 358 g/mol. The van der Waals surface area contributed by atoms with Crippen LogP contribution < -0.4 is 5.32 Å². The van der Waals surface area contributed by atoms with Crippen LogP contribution in [-0.2, 0) is 6.42 Å². The summed E-state index contributed by atoms with van der Waals surface area (Å²) in [5, 5.41) is 24.6. The van der Waals surface area contributed by atoms with Gasteiger partial charge in [-0.3, -0.25) is 0 Å². The first-order chi connectivity index (χ1) is 13.9. The lowest BCUT2D eigenvalue weighted by atomic mass is 9.90. The molecule has 0 spiro atoms. The Labute approximate surface area is 176 Å². The van der Waals surface area contributed by atoms with E-state index in [0.29, 0.717) is 17.7 Å². The Morgan fingerprint density at radius 3 is 2.76 bits per heavy atom. The predicted octanol–water partition coefficient (Wildman–Crippen LogP) is 5.40. The Balaban J connectivity index is 1.56. The quantitative estimate of drug-likeness (QED) is 0.542. The van der Waals surface area contributed by atoms with Gasteiger partial charge in [0, 0.05) is 12.0 Å². The minimum atomic E-state index is -0.310. The van der Waals surface area contributed by atoms with E-state index in [4.69, 9.17) is 0 Å². The summed E-state index contributed by atoms with van der Waals surface area (Å²) in [5.74, 6) is 0.989. The van der Waals surface area contributed by atoms with E-state index in [9.17, 15) is 10.2 Å². The summed E-state index contributed by atoms with van der Waals surface area (Å²) in [4.78, 5) is 0. The van der Waals surface area contributed by atoms with Crippen LogP contribution in [0.5, 0.6) is 5.75 Å². The van der Waals surface area contributed by atoms with E-state index in [2.05, 4.69) is 62.5 Å². The van der Waals surface area contributed by atoms with Crippen LogP contribution in [0.4, 0.5) is 0 Å². The summed E-state index contributed by atoms with van der Waals surface area (Å²) in [6, 6.07) is 6.51. The summed E-state index contributed by atoms with van der Waals surface area (Å²) < 4.78 is 0. The number of aromatic hydroxyl groups is 1. The fourth-order valence-electron chi connectivity index (χ4n) is 4.34. The fourth-order valence-corrected chi connectivity index (χ4v) is 4.34. The molecule has 158 valence electrons. The van der Waals surface area contributed by atoms with Crippen LogP contribution in [0.3, 0.4) is 0 Å². The molecule has 2 aliphatic rings. The van der Waals surface area contributed by atoms with Crippen LogP contribution in [-0.4, -0.2) is 28.9 Å². The van der Waals surface area contributed by atoms with Crippen LogP contribution in [0.25, 0.3) is 0 Å². The van der Waals surface area contributed by atoms with Crippen molar-refractivity contribution in [2.75, 3.05) is 6.54 Å². The summed E-state index contributed by atoms with van der Waals surface area (Å²) in [6.45, 7) is 7.55. The molecule has 0 fully saturated rings. The molecule has 1 aromatic carbocycles. The van der Waals surface area contributed by atoms with Crippen molar-refractivity contribution in [3.8, 4) is 5.75 Å². The zero-order valence-electron chi connectivity index (χ0n) is 18.2. The van der Waals surface area contributed by atoms with E-state index in [1.807, 2.05) is 6.07 Å². The molecule has 0 amide bonds. The Bertz CT molecular complexity index is 775. The average Bonchev–Trinajstić information content (AvgIpc) is 2.94. The molecule has 29 heavy (non-hydrogen) atoms. The van der Waals surface area contributed by atoms with E-state index in [0.717, 1.165) is 50.6 Å². The van der Waals surface area contributed by atoms with Gasteiger partial charge < -0.3 is 15.5 Å². The number of phenolic OH excluding ortho intramolecular Hbond substituents is 1. The lowest BCUT2D eigenvalue weighted by Gasteiger charge is -2.24. The van der Waals surface area contributed by atoms with Crippen LogP contribution >= 0.6 is 0 Å². The van der Waals surface area contributed by atoms with Gasteiger partial charge in [-0.25, -0.2) is 0 Å². The largest absolute Gasteiger partial charge is 0.508 e. The zero-order valence-corrected chi connectivity index (χ0v) is 18.2. The maximum Gasteiger partial charge on any atom is 0.119 e. The van der Waals surface area contributed by atoms with Crippen molar-refractivity contribution in [2.45, 2.75) is 77.4 Å². The van der Waals surface area contributed by atoms with Crippen molar-refractivity contribution in [1.82, 2.24) is 5.32 Å². The number of aliphatic hydroxyl groups is 1. The molecule has 3 rings (SSSR count). The molecule has 0 radical (unpaired) electrons. The third-order valence-electron chi connectivity index (χ3n) is 6.42. The third kappa shape index (κ3) is 6.07. The van der Waals surface area contributed by atoms with Gasteiger partial charge in [0.15, 0.2) is 0 Å². The molecule has 1 aliphatic heterocycles. The van der Waals surface area contributed by atoms with E-state index in [1.165, 1.54) is 16.7 Å². The van der Waals surface area contributed by atoms with Crippen molar-refractivity contribution in [3.05, 3.63) is 64.8 Å². The number of allylic oxidation sites excluding steroid dienone is 3. The molecule has 1 aliphatic carbocycles. The Morgan fingerprint density at radius 2 is 2.03 bits per heavy atom. The number of hydrogen-bond acceptors (Lipinski definition) is 3. The maximum atomic E-state index is 10.8. The molecule has 1 aromatic rings. The molecule has 0 bridgehead atoms. The first-order valence-electron chi connectivity index (χ1n) is 11.2. The molecule has 0 saturated carbocycles. The number of rotatable bonds is 7. The van der Waals surface area contributed by atoms with Gasteiger partial charge in [0.2, 0.25) is 0 Å². The van der Waals surface area contributed by atoms with E-state index in [-0.39, 0.29) is 12.0 Å². The molecule has 3 unspecified atom stereocenters. The van der Waals surface area contributed by atoms with E-state index >= 15 is 0 Å². The second-order valence-corrected chi connectivity index (χ2v) is 8.96. The number of aliphatic hydroxyl groups excluding tert-OH is 1. The van der Waals surface area contributed by atoms with E-state index in [1.54, 1.807) is 0 Å². The monoisotopic (exact) mass is 395 g/mol. The van der Waals surface area contributed by atoms with Crippen molar-refractivity contribution in [2.24, 2.45) is 5.92 Å². The van der Waals surface area contributed by atoms with Gasteiger partial charge in [0.05, 0.1) is 6.10 Å². The van der Waals surface area contributed by atoms with Crippen LogP contribution in [0.2, 0.25) is 0 Å². The second kappa shape index (κ2) is 10.3. The zero-order chi connectivity index (χ0) is 20.8. The molecule has 0 aromatic heterocycles. The summed E-state index contributed by atoms with van der Waals surface area (Å²) in [6.07, 6.45) is 14.1. The molecule has 3 N–H and O–H groups in total. The molecule has 1 heterocycles. The fraction of sp³-hybridized carbons (Fsp3) is 0.538. The Hall–Kier alpha value is -1.84.